The van der Waals surface area contributed by atoms with Gasteiger partial charge in [0, 0.05) is 23.8 Å². The van der Waals surface area contributed by atoms with Crippen LogP contribution in [0.15, 0.2) is 36.5 Å². The van der Waals surface area contributed by atoms with Crippen molar-refractivity contribution in [1.82, 2.24) is 10.3 Å². The molecule has 0 saturated carbocycles. The molecule has 0 radical (unpaired) electrons. The molecule has 2 rings (SSSR count). The maximum Gasteiger partial charge on any atom is 0.213 e. The topological polar surface area (TPSA) is 34.2 Å². The van der Waals surface area contributed by atoms with Crippen molar-refractivity contribution >= 4 is 11.6 Å². The van der Waals surface area contributed by atoms with E-state index in [1.54, 1.807) is 13.3 Å². The number of aromatic nitrogens is 1. The third kappa shape index (κ3) is 3.46. The van der Waals surface area contributed by atoms with E-state index in [2.05, 4.69) is 23.3 Å². The Balaban J connectivity index is 2.33. The molecule has 0 aliphatic carbocycles. The first-order chi connectivity index (χ1) is 9.24. The predicted octanol–water partition coefficient (Wildman–Crippen LogP) is 3.52. The second kappa shape index (κ2) is 6.55. The van der Waals surface area contributed by atoms with Gasteiger partial charge in [0.25, 0.3) is 0 Å². The minimum absolute atomic E-state index is 0.612. The molecular weight excluding hydrogens is 260 g/mol. The lowest BCUT2D eigenvalue weighted by molar-refractivity contribution is 0.398. The van der Waals surface area contributed by atoms with Gasteiger partial charge in [-0.2, -0.15) is 0 Å². The normalized spacial score (nSPS) is 10.5. The van der Waals surface area contributed by atoms with Crippen LogP contribution in [0.1, 0.15) is 12.5 Å². The first-order valence-corrected chi connectivity index (χ1v) is 6.62. The number of ether oxygens (including phenoxy) is 1. The molecule has 1 heterocycles. The van der Waals surface area contributed by atoms with Gasteiger partial charge in [0.15, 0.2) is 0 Å². The van der Waals surface area contributed by atoms with Crippen molar-refractivity contribution in [3.8, 4) is 17.0 Å². The molecule has 0 fully saturated rings. The van der Waals surface area contributed by atoms with Crippen molar-refractivity contribution in [3.05, 3.63) is 47.1 Å². The van der Waals surface area contributed by atoms with Crippen LogP contribution in [0.3, 0.4) is 0 Å². The molecule has 0 amide bonds. The van der Waals surface area contributed by atoms with Gasteiger partial charge in [0.2, 0.25) is 5.88 Å². The van der Waals surface area contributed by atoms with Crippen molar-refractivity contribution in [2.75, 3.05) is 13.7 Å². The van der Waals surface area contributed by atoms with Crippen LogP contribution in [-0.4, -0.2) is 18.6 Å². The van der Waals surface area contributed by atoms with Crippen molar-refractivity contribution in [1.29, 1.82) is 0 Å². The second-order valence-electron chi connectivity index (χ2n) is 4.17. The molecule has 1 aromatic heterocycles. The van der Waals surface area contributed by atoms with Gasteiger partial charge in [-0.15, -0.1) is 0 Å². The highest BCUT2D eigenvalue weighted by Gasteiger charge is 2.05. The van der Waals surface area contributed by atoms with Gasteiger partial charge in [-0.3, -0.25) is 0 Å². The van der Waals surface area contributed by atoms with Crippen LogP contribution in [0, 0.1) is 0 Å². The number of hydrogen-bond acceptors (Lipinski definition) is 3. The highest BCUT2D eigenvalue weighted by Crippen LogP contribution is 2.26. The van der Waals surface area contributed by atoms with Crippen LogP contribution in [0.5, 0.6) is 5.88 Å². The Morgan fingerprint density at radius 3 is 2.74 bits per heavy atom. The summed E-state index contributed by atoms with van der Waals surface area (Å²) in [6.07, 6.45) is 1.74. The number of halogens is 1. The lowest BCUT2D eigenvalue weighted by atomic mass is 10.0. The van der Waals surface area contributed by atoms with Crippen molar-refractivity contribution in [2.24, 2.45) is 0 Å². The molecular formula is C15H17ClN2O. The highest BCUT2D eigenvalue weighted by atomic mass is 35.5. The standard InChI is InChI=1S/C15H17ClN2O/c1-3-17-10-13-8-11(4-5-14(13)16)12-6-7-18-15(9-12)19-2/h4-9,17H,3,10H2,1-2H3. The largest absolute Gasteiger partial charge is 0.481 e. The van der Waals surface area contributed by atoms with Gasteiger partial charge in [-0.25, -0.2) is 4.98 Å². The third-order valence-corrected chi connectivity index (χ3v) is 3.26. The summed E-state index contributed by atoms with van der Waals surface area (Å²) in [5, 5.41) is 4.07. The summed E-state index contributed by atoms with van der Waals surface area (Å²) >= 11 is 6.20. The Morgan fingerprint density at radius 1 is 1.21 bits per heavy atom. The van der Waals surface area contributed by atoms with Gasteiger partial charge in [0.05, 0.1) is 7.11 Å². The van der Waals surface area contributed by atoms with Gasteiger partial charge in [-0.05, 0) is 41.4 Å². The molecule has 0 unspecified atom stereocenters. The monoisotopic (exact) mass is 276 g/mol. The fraction of sp³-hybridized carbons (Fsp3) is 0.267. The zero-order valence-corrected chi connectivity index (χ0v) is 11.9. The van der Waals surface area contributed by atoms with Crippen LogP contribution in [-0.2, 0) is 6.54 Å². The molecule has 0 saturated heterocycles. The van der Waals surface area contributed by atoms with E-state index >= 15 is 0 Å². The number of methoxy groups -OCH3 is 1. The van der Waals surface area contributed by atoms with E-state index in [9.17, 15) is 0 Å². The zero-order chi connectivity index (χ0) is 13.7. The number of hydrogen-bond donors (Lipinski definition) is 1. The molecule has 0 aliphatic heterocycles. The summed E-state index contributed by atoms with van der Waals surface area (Å²) in [5.74, 6) is 0.612. The van der Waals surface area contributed by atoms with Crippen LogP contribution in [0.4, 0.5) is 0 Å². The Labute approximate surface area is 118 Å². The predicted molar refractivity (Wildman–Crippen MR) is 78.6 cm³/mol. The van der Waals surface area contributed by atoms with E-state index in [-0.39, 0.29) is 0 Å². The summed E-state index contributed by atoms with van der Waals surface area (Å²) < 4.78 is 5.15. The SMILES string of the molecule is CCNCc1cc(-c2ccnc(OC)c2)ccc1Cl. The van der Waals surface area contributed by atoms with Crippen LogP contribution in [0.25, 0.3) is 11.1 Å². The van der Waals surface area contributed by atoms with E-state index in [0.29, 0.717) is 5.88 Å². The fourth-order valence-electron chi connectivity index (χ4n) is 1.85. The lowest BCUT2D eigenvalue weighted by Crippen LogP contribution is -2.12. The molecule has 0 spiro atoms. The molecule has 19 heavy (non-hydrogen) atoms. The van der Waals surface area contributed by atoms with Gasteiger partial charge in [0.1, 0.15) is 0 Å². The summed E-state index contributed by atoms with van der Waals surface area (Å²) in [6, 6.07) is 9.91. The molecule has 100 valence electrons. The van der Waals surface area contributed by atoms with Gasteiger partial charge >= 0.3 is 0 Å². The number of benzene rings is 1. The van der Waals surface area contributed by atoms with Gasteiger partial charge < -0.3 is 10.1 Å². The summed E-state index contributed by atoms with van der Waals surface area (Å²) in [5.41, 5.74) is 3.27. The third-order valence-electron chi connectivity index (χ3n) is 2.89. The Morgan fingerprint density at radius 2 is 2.00 bits per heavy atom. The minimum Gasteiger partial charge on any atom is -0.481 e. The molecule has 4 heteroatoms. The first kappa shape index (κ1) is 13.8. The number of rotatable bonds is 5. The average Bonchev–Trinajstić information content (AvgIpc) is 2.46. The number of nitrogens with one attached hydrogen (secondary N) is 1. The smallest absolute Gasteiger partial charge is 0.213 e. The van der Waals surface area contributed by atoms with Crippen LogP contribution < -0.4 is 10.1 Å². The number of pyridine rings is 1. The van der Waals surface area contributed by atoms with Crippen molar-refractivity contribution in [3.63, 3.8) is 0 Å². The molecule has 0 atom stereocenters. The van der Waals surface area contributed by atoms with E-state index < -0.39 is 0 Å². The highest BCUT2D eigenvalue weighted by molar-refractivity contribution is 6.31. The quantitative estimate of drug-likeness (QED) is 0.907. The Kier molecular flexibility index (Phi) is 4.77. The molecule has 0 aliphatic rings. The second-order valence-corrected chi connectivity index (χ2v) is 4.58. The zero-order valence-electron chi connectivity index (χ0n) is 11.1. The molecule has 3 nitrogen and oxygen atoms in total. The van der Waals surface area contributed by atoms with E-state index in [1.165, 1.54) is 0 Å². The maximum absolute atomic E-state index is 6.20. The van der Waals surface area contributed by atoms with E-state index in [4.69, 9.17) is 16.3 Å². The molecule has 1 N–H and O–H groups in total. The Bertz CT molecular complexity index is 558. The lowest BCUT2D eigenvalue weighted by Gasteiger charge is -2.09. The summed E-state index contributed by atoms with van der Waals surface area (Å²) in [7, 11) is 1.62. The molecule has 1 aromatic carbocycles. The first-order valence-electron chi connectivity index (χ1n) is 6.24. The average molecular weight is 277 g/mol. The van der Waals surface area contributed by atoms with E-state index in [0.717, 1.165) is 34.8 Å². The molecule has 2 aromatic rings. The fourth-order valence-corrected chi connectivity index (χ4v) is 2.03. The van der Waals surface area contributed by atoms with Crippen molar-refractivity contribution in [2.45, 2.75) is 13.5 Å². The summed E-state index contributed by atoms with van der Waals surface area (Å²) in [6.45, 7) is 3.76. The molecule has 0 bridgehead atoms. The maximum atomic E-state index is 6.20. The van der Waals surface area contributed by atoms with Crippen molar-refractivity contribution < 1.29 is 4.74 Å². The van der Waals surface area contributed by atoms with Gasteiger partial charge in [-0.1, -0.05) is 24.6 Å². The minimum atomic E-state index is 0.612. The van der Waals surface area contributed by atoms with Crippen LogP contribution >= 0.6 is 11.6 Å². The number of nitrogens with zero attached hydrogens (tertiary/aromatic N) is 1. The van der Waals surface area contributed by atoms with Crippen LogP contribution in [0.2, 0.25) is 5.02 Å². The van der Waals surface area contributed by atoms with E-state index in [1.807, 2.05) is 24.3 Å². The Hall–Kier alpha value is -1.58. The summed E-state index contributed by atoms with van der Waals surface area (Å²) in [4.78, 5) is 4.11.